The van der Waals surface area contributed by atoms with E-state index < -0.39 is 5.25 Å². The molecule has 1 unspecified atom stereocenters. The zero-order valence-electron chi connectivity index (χ0n) is 21.4. The van der Waals surface area contributed by atoms with Gasteiger partial charge in [0.25, 0.3) is 0 Å². The van der Waals surface area contributed by atoms with Crippen LogP contribution in [-0.2, 0) is 4.79 Å². The molecule has 5 aromatic rings. The summed E-state index contributed by atoms with van der Waals surface area (Å²) in [6.07, 6.45) is 0. The second-order valence-corrected chi connectivity index (χ2v) is 11.8. The Morgan fingerprint density at radius 2 is 1.60 bits per heavy atom. The molecule has 0 fully saturated rings. The van der Waals surface area contributed by atoms with Crippen LogP contribution >= 0.6 is 46.9 Å². The third-order valence-corrected chi connectivity index (χ3v) is 8.33. The van der Waals surface area contributed by atoms with Crippen LogP contribution in [0, 0.1) is 6.92 Å². The Morgan fingerprint density at radius 1 is 0.875 bits per heavy atom. The number of thiocarbonyl (C=S) groups is 1. The number of rotatable bonds is 8. The van der Waals surface area contributed by atoms with Crippen molar-refractivity contribution in [2.24, 2.45) is 0 Å². The van der Waals surface area contributed by atoms with E-state index in [9.17, 15) is 4.79 Å². The molecule has 3 N–H and O–H groups in total. The number of halogens is 1. The maximum atomic E-state index is 13.6. The normalized spacial score (nSPS) is 11.4. The van der Waals surface area contributed by atoms with Gasteiger partial charge in [0.05, 0.1) is 5.69 Å². The molecule has 1 atom stereocenters. The summed E-state index contributed by atoms with van der Waals surface area (Å²) in [7, 11) is 0. The summed E-state index contributed by atoms with van der Waals surface area (Å²) in [5.41, 5.74) is 5.55. The van der Waals surface area contributed by atoms with E-state index in [4.69, 9.17) is 23.8 Å². The van der Waals surface area contributed by atoms with Crippen molar-refractivity contribution in [1.29, 1.82) is 0 Å². The summed E-state index contributed by atoms with van der Waals surface area (Å²) in [4.78, 5) is 19.1. The number of carbonyl (C=O) groups is 1. The number of nitrogens with one attached hydrogen (secondary N) is 3. The lowest BCUT2D eigenvalue weighted by atomic mass is 10.1. The molecule has 0 bridgehead atoms. The number of aromatic nitrogens is 1. The minimum absolute atomic E-state index is 0.150. The van der Waals surface area contributed by atoms with Crippen LogP contribution in [0.2, 0.25) is 5.02 Å². The van der Waals surface area contributed by atoms with Gasteiger partial charge >= 0.3 is 0 Å². The highest BCUT2D eigenvalue weighted by atomic mass is 35.5. The maximum absolute atomic E-state index is 13.6. The van der Waals surface area contributed by atoms with E-state index in [2.05, 4.69) is 20.9 Å². The number of hydrogen-bond acceptors (Lipinski definition) is 5. The van der Waals surface area contributed by atoms with Crippen molar-refractivity contribution in [2.45, 2.75) is 17.1 Å². The van der Waals surface area contributed by atoms with E-state index in [1.165, 1.54) is 28.7 Å². The van der Waals surface area contributed by atoms with E-state index in [1.807, 2.05) is 115 Å². The molecule has 0 aliphatic carbocycles. The molecule has 0 aliphatic heterocycles. The number of carbonyl (C=O) groups excluding carboxylic acids is 1. The van der Waals surface area contributed by atoms with Gasteiger partial charge in [0.2, 0.25) is 5.91 Å². The Bertz CT molecular complexity index is 1610. The molecule has 9 heteroatoms. The fraction of sp³-hybridized carbons (Fsp3) is 0.0645. The summed E-state index contributed by atoms with van der Waals surface area (Å²) in [5.74, 6) is -0.150. The van der Waals surface area contributed by atoms with Crippen molar-refractivity contribution >= 4 is 74.4 Å². The third kappa shape index (κ3) is 7.49. The van der Waals surface area contributed by atoms with Crippen molar-refractivity contribution in [3.63, 3.8) is 0 Å². The summed E-state index contributed by atoms with van der Waals surface area (Å²) < 4.78 is 0. The highest BCUT2D eigenvalue weighted by Crippen LogP contribution is 2.38. The van der Waals surface area contributed by atoms with Crippen LogP contribution in [0.25, 0.3) is 11.3 Å². The third-order valence-electron chi connectivity index (χ3n) is 5.87. The van der Waals surface area contributed by atoms with Gasteiger partial charge in [-0.3, -0.25) is 4.79 Å². The molecule has 1 heterocycles. The van der Waals surface area contributed by atoms with Crippen LogP contribution in [-0.4, -0.2) is 16.0 Å². The van der Waals surface area contributed by atoms with Gasteiger partial charge in [0.15, 0.2) is 10.2 Å². The van der Waals surface area contributed by atoms with Gasteiger partial charge in [-0.2, -0.15) is 0 Å². The summed E-state index contributed by atoms with van der Waals surface area (Å²) >= 11 is 14.4. The molecule has 5 nitrogen and oxygen atoms in total. The van der Waals surface area contributed by atoms with Gasteiger partial charge in [-0.25, -0.2) is 4.98 Å². The second kappa shape index (κ2) is 13.1. The Labute approximate surface area is 252 Å². The van der Waals surface area contributed by atoms with Crippen LogP contribution in [0.5, 0.6) is 0 Å². The van der Waals surface area contributed by atoms with Gasteiger partial charge in [-0.1, -0.05) is 77.8 Å². The lowest BCUT2D eigenvalue weighted by molar-refractivity contribution is -0.115. The highest BCUT2D eigenvalue weighted by molar-refractivity contribution is 8.00. The highest BCUT2D eigenvalue weighted by Gasteiger charge is 2.23. The van der Waals surface area contributed by atoms with Crippen molar-refractivity contribution in [3.8, 4) is 11.3 Å². The van der Waals surface area contributed by atoms with E-state index in [1.54, 1.807) is 0 Å². The topological polar surface area (TPSA) is 66.0 Å². The minimum atomic E-state index is -0.489. The van der Waals surface area contributed by atoms with Crippen molar-refractivity contribution in [2.75, 3.05) is 16.0 Å². The van der Waals surface area contributed by atoms with Crippen LogP contribution in [0.15, 0.2) is 113 Å². The SMILES string of the molecule is Cc1ccc(NC(=S)Nc2cccc(SC(C(=O)Nc3nc(-c4ccc(Cl)cc4)cs3)c3ccccc3)c2)cc1. The summed E-state index contributed by atoms with van der Waals surface area (Å²) in [5, 5.41) is 12.6. The monoisotopic (exact) mass is 600 g/mol. The molecule has 0 aliphatic rings. The number of anilines is 3. The first-order valence-electron chi connectivity index (χ1n) is 12.4. The van der Waals surface area contributed by atoms with Gasteiger partial charge in [0, 0.05) is 32.2 Å². The zero-order chi connectivity index (χ0) is 27.9. The van der Waals surface area contributed by atoms with Crippen molar-refractivity contribution in [1.82, 2.24) is 4.98 Å². The van der Waals surface area contributed by atoms with Gasteiger partial charge in [-0.05, 0) is 67.2 Å². The molecule has 0 saturated heterocycles. The van der Waals surface area contributed by atoms with E-state index in [0.29, 0.717) is 15.3 Å². The fourth-order valence-electron chi connectivity index (χ4n) is 3.87. The predicted octanol–water partition coefficient (Wildman–Crippen LogP) is 9.05. The lowest BCUT2D eigenvalue weighted by Crippen LogP contribution is -2.19. The average molecular weight is 601 g/mol. The zero-order valence-corrected chi connectivity index (χ0v) is 24.6. The molecule has 0 saturated carbocycles. The molecule has 200 valence electrons. The summed E-state index contributed by atoms with van der Waals surface area (Å²) in [6.45, 7) is 2.04. The predicted molar refractivity (Wildman–Crippen MR) is 174 cm³/mol. The van der Waals surface area contributed by atoms with Crippen LogP contribution < -0.4 is 16.0 Å². The fourth-order valence-corrected chi connectivity index (χ4v) is 6.04. The lowest BCUT2D eigenvalue weighted by Gasteiger charge is -2.17. The maximum Gasteiger partial charge on any atom is 0.244 e. The molecule has 0 radical (unpaired) electrons. The average Bonchev–Trinajstić information content (AvgIpc) is 3.42. The molecule has 1 aromatic heterocycles. The van der Waals surface area contributed by atoms with Gasteiger partial charge < -0.3 is 16.0 Å². The molecule has 4 aromatic carbocycles. The van der Waals surface area contributed by atoms with Crippen LogP contribution in [0.4, 0.5) is 16.5 Å². The van der Waals surface area contributed by atoms with Crippen molar-refractivity contribution < 1.29 is 4.79 Å². The second-order valence-electron chi connectivity index (χ2n) is 8.92. The molecular weight excluding hydrogens is 576 g/mol. The van der Waals surface area contributed by atoms with Gasteiger partial charge in [-0.15, -0.1) is 23.1 Å². The van der Waals surface area contributed by atoms with E-state index in [-0.39, 0.29) is 5.91 Å². The first-order valence-corrected chi connectivity index (χ1v) is 15.0. The first kappa shape index (κ1) is 27.9. The number of amides is 1. The molecule has 40 heavy (non-hydrogen) atoms. The Balaban J connectivity index is 1.29. The molecule has 1 amide bonds. The quantitative estimate of drug-likeness (QED) is 0.122. The summed E-state index contributed by atoms with van der Waals surface area (Å²) in [6, 6.07) is 33.1. The smallest absolute Gasteiger partial charge is 0.244 e. The number of hydrogen-bond donors (Lipinski definition) is 3. The standard InChI is InChI=1S/C31H25ClN4OS3/c1-20-10-16-24(17-11-20)33-30(38)34-25-8-5-9-26(18-25)40-28(22-6-3-2-4-7-22)29(37)36-31-35-27(19-39-31)21-12-14-23(32)15-13-21/h2-19,28H,1H3,(H2,33,34,38)(H,35,36,37). The molecule has 5 rings (SSSR count). The Hall–Kier alpha value is -3.69. The number of thioether (sulfide) groups is 1. The van der Waals surface area contributed by atoms with E-state index >= 15 is 0 Å². The minimum Gasteiger partial charge on any atom is -0.332 e. The molecular formula is C31H25ClN4OS3. The number of benzene rings is 4. The molecule has 0 spiro atoms. The van der Waals surface area contributed by atoms with Crippen LogP contribution in [0.3, 0.4) is 0 Å². The Morgan fingerprint density at radius 3 is 2.35 bits per heavy atom. The Kier molecular flexibility index (Phi) is 9.13. The first-order chi connectivity index (χ1) is 19.4. The largest absolute Gasteiger partial charge is 0.332 e. The van der Waals surface area contributed by atoms with Crippen LogP contribution in [0.1, 0.15) is 16.4 Å². The van der Waals surface area contributed by atoms with Crippen molar-refractivity contribution in [3.05, 3.63) is 125 Å². The number of thiazole rings is 1. The van der Waals surface area contributed by atoms with Gasteiger partial charge in [0.1, 0.15) is 5.25 Å². The van der Waals surface area contributed by atoms with E-state index in [0.717, 1.165) is 33.1 Å². The number of nitrogens with zero attached hydrogens (tertiary/aromatic N) is 1. The number of aryl methyl sites for hydroxylation is 1.